The maximum absolute atomic E-state index is 6.03. The topological polar surface area (TPSA) is 3.24 Å². The number of nitrogens with zero attached hydrogens (tertiary/aromatic N) is 1. The Kier molecular flexibility index (Phi) is 4.17. The third-order valence-corrected chi connectivity index (χ3v) is 4.58. The van der Waals surface area contributed by atoms with Gasteiger partial charge in [-0.2, -0.15) is 0 Å². The number of aryl methyl sites for hydroxylation is 1. The van der Waals surface area contributed by atoms with Crippen LogP contribution >= 0.6 is 23.4 Å². The van der Waals surface area contributed by atoms with E-state index >= 15 is 0 Å². The van der Waals surface area contributed by atoms with Gasteiger partial charge in [-0.25, -0.2) is 0 Å². The second-order valence-corrected chi connectivity index (χ2v) is 5.90. The van der Waals surface area contributed by atoms with Crippen molar-refractivity contribution >= 4 is 23.4 Å². The van der Waals surface area contributed by atoms with Gasteiger partial charge in [0.15, 0.2) is 0 Å². The lowest BCUT2D eigenvalue weighted by Crippen LogP contribution is -2.21. The second-order valence-electron chi connectivity index (χ2n) is 4.45. The fourth-order valence-electron chi connectivity index (χ4n) is 2.11. The first kappa shape index (κ1) is 12.3. The number of benzene rings is 1. The standard InChI is InChI=1S/C13H18ClNS/c1-15(2)12(9-14)10-5-6-13-11(8-10)4-3-7-16-13/h5-6,8,12H,3-4,7,9H2,1-2H3. The lowest BCUT2D eigenvalue weighted by Gasteiger charge is -2.24. The first-order valence-corrected chi connectivity index (χ1v) is 7.22. The van der Waals surface area contributed by atoms with Gasteiger partial charge in [0.25, 0.3) is 0 Å². The van der Waals surface area contributed by atoms with Gasteiger partial charge in [-0.05, 0) is 49.9 Å². The van der Waals surface area contributed by atoms with E-state index in [9.17, 15) is 0 Å². The highest BCUT2D eigenvalue weighted by atomic mass is 35.5. The smallest absolute Gasteiger partial charge is 0.0477 e. The zero-order valence-electron chi connectivity index (χ0n) is 9.87. The molecular weight excluding hydrogens is 238 g/mol. The number of alkyl halides is 1. The zero-order chi connectivity index (χ0) is 11.5. The van der Waals surface area contributed by atoms with Crippen molar-refractivity contribution in [1.29, 1.82) is 0 Å². The lowest BCUT2D eigenvalue weighted by atomic mass is 10.0. The van der Waals surface area contributed by atoms with Gasteiger partial charge in [-0.1, -0.05) is 12.1 Å². The molecule has 0 amide bonds. The predicted octanol–water partition coefficient (Wildman–Crippen LogP) is 3.57. The van der Waals surface area contributed by atoms with Crippen molar-refractivity contribution in [2.75, 3.05) is 25.7 Å². The molecule has 0 spiro atoms. The monoisotopic (exact) mass is 255 g/mol. The van der Waals surface area contributed by atoms with E-state index in [1.165, 1.54) is 34.6 Å². The molecule has 0 radical (unpaired) electrons. The molecule has 0 saturated carbocycles. The summed E-state index contributed by atoms with van der Waals surface area (Å²) in [5, 5.41) is 0. The molecule has 0 N–H and O–H groups in total. The zero-order valence-corrected chi connectivity index (χ0v) is 11.4. The van der Waals surface area contributed by atoms with E-state index in [1.54, 1.807) is 0 Å². The first-order valence-electron chi connectivity index (χ1n) is 5.70. The Morgan fingerprint density at radius 1 is 1.44 bits per heavy atom. The second kappa shape index (κ2) is 5.44. The summed E-state index contributed by atoms with van der Waals surface area (Å²) in [5.41, 5.74) is 2.85. The molecule has 88 valence electrons. The van der Waals surface area contributed by atoms with Gasteiger partial charge < -0.3 is 4.90 Å². The third-order valence-electron chi connectivity index (χ3n) is 3.09. The quantitative estimate of drug-likeness (QED) is 0.760. The molecule has 3 heteroatoms. The van der Waals surface area contributed by atoms with Gasteiger partial charge in [0, 0.05) is 16.8 Å². The Morgan fingerprint density at radius 2 is 2.25 bits per heavy atom. The van der Waals surface area contributed by atoms with Crippen molar-refractivity contribution < 1.29 is 0 Å². The van der Waals surface area contributed by atoms with Gasteiger partial charge >= 0.3 is 0 Å². The number of fused-ring (bicyclic) bond motifs is 1. The van der Waals surface area contributed by atoms with E-state index in [0.717, 1.165) is 0 Å². The lowest BCUT2D eigenvalue weighted by molar-refractivity contribution is 0.324. The number of hydrogen-bond donors (Lipinski definition) is 0. The molecule has 1 atom stereocenters. The maximum atomic E-state index is 6.03. The van der Waals surface area contributed by atoms with E-state index < -0.39 is 0 Å². The average molecular weight is 256 g/mol. The van der Waals surface area contributed by atoms with Crippen LogP contribution < -0.4 is 0 Å². The third kappa shape index (κ3) is 2.55. The molecule has 0 aromatic heterocycles. The minimum Gasteiger partial charge on any atom is -0.301 e. The molecule has 0 saturated heterocycles. The maximum Gasteiger partial charge on any atom is 0.0477 e. The van der Waals surface area contributed by atoms with Gasteiger partial charge in [0.1, 0.15) is 0 Å². The van der Waals surface area contributed by atoms with E-state index in [4.69, 9.17) is 11.6 Å². The van der Waals surface area contributed by atoms with Crippen molar-refractivity contribution in [3.8, 4) is 0 Å². The van der Waals surface area contributed by atoms with Crippen LogP contribution in [0, 0.1) is 0 Å². The first-order chi connectivity index (χ1) is 7.72. The molecule has 0 aliphatic carbocycles. The molecule has 1 unspecified atom stereocenters. The average Bonchev–Trinajstić information content (AvgIpc) is 2.29. The summed E-state index contributed by atoms with van der Waals surface area (Å²) in [7, 11) is 4.17. The summed E-state index contributed by atoms with van der Waals surface area (Å²) in [6, 6.07) is 7.16. The number of rotatable bonds is 3. The Hall–Kier alpha value is -0.180. The van der Waals surface area contributed by atoms with Gasteiger partial charge in [-0.3, -0.25) is 0 Å². The Morgan fingerprint density at radius 3 is 2.94 bits per heavy atom. The number of halogens is 1. The molecule has 2 rings (SSSR count). The summed E-state index contributed by atoms with van der Waals surface area (Å²) in [4.78, 5) is 3.65. The largest absolute Gasteiger partial charge is 0.301 e. The normalized spacial score (nSPS) is 17.2. The number of thioether (sulfide) groups is 1. The van der Waals surface area contributed by atoms with Crippen LogP contribution in [0.1, 0.15) is 23.6 Å². The van der Waals surface area contributed by atoms with Crippen LogP contribution in [0.15, 0.2) is 23.1 Å². The van der Waals surface area contributed by atoms with Gasteiger partial charge in [0.2, 0.25) is 0 Å². The van der Waals surface area contributed by atoms with E-state index in [1.807, 2.05) is 11.8 Å². The Labute approximate surface area is 107 Å². The van der Waals surface area contributed by atoms with Crippen molar-refractivity contribution in [2.45, 2.75) is 23.8 Å². The number of hydrogen-bond acceptors (Lipinski definition) is 2. The van der Waals surface area contributed by atoms with Crippen LogP contribution in [-0.2, 0) is 6.42 Å². The molecule has 1 aromatic carbocycles. The molecular formula is C13H18ClNS. The summed E-state index contributed by atoms with van der Waals surface area (Å²) in [6.45, 7) is 0. The molecule has 1 nitrogen and oxygen atoms in total. The summed E-state index contributed by atoms with van der Waals surface area (Å²) in [6.07, 6.45) is 2.52. The summed E-state index contributed by atoms with van der Waals surface area (Å²) < 4.78 is 0. The Bertz CT molecular complexity index is 365. The van der Waals surface area contributed by atoms with Crippen LogP contribution in [-0.4, -0.2) is 30.6 Å². The molecule has 0 bridgehead atoms. The summed E-state index contributed by atoms with van der Waals surface area (Å²) >= 11 is 8.01. The van der Waals surface area contributed by atoms with Crippen LogP contribution in [0.25, 0.3) is 0 Å². The molecule has 1 heterocycles. The van der Waals surface area contributed by atoms with Crippen molar-refractivity contribution in [3.05, 3.63) is 29.3 Å². The SMILES string of the molecule is CN(C)C(CCl)c1ccc2c(c1)CCCS2. The fourth-order valence-corrected chi connectivity index (χ4v) is 3.59. The highest BCUT2D eigenvalue weighted by Gasteiger charge is 2.16. The highest BCUT2D eigenvalue weighted by molar-refractivity contribution is 7.99. The predicted molar refractivity (Wildman–Crippen MR) is 72.6 cm³/mol. The van der Waals surface area contributed by atoms with Crippen molar-refractivity contribution in [1.82, 2.24) is 4.90 Å². The minimum absolute atomic E-state index is 0.332. The van der Waals surface area contributed by atoms with E-state index in [0.29, 0.717) is 11.9 Å². The van der Waals surface area contributed by atoms with E-state index in [2.05, 4.69) is 37.2 Å². The van der Waals surface area contributed by atoms with Crippen LogP contribution in [0.4, 0.5) is 0 Å². The highest BCUT2D eigenvalue weighted by Crippen LogP contribution is 2.32. The van der Waals surface area contributed by atoms with Gasteiger partial charge in [0.05, 0.1) is 0 Å². The van der Waals surface area contributed by atoms with Crippen molar-refractivity contribution in [3.63, 3.8) is 0 Å². The van der Waals surface area contributed by atoms with Crippen molar-refractivity contribution in [2.24, 2.45) is 0 Å². The fraction of sp³-hybridized carbons (Fsp3) is 0.538. The minimum atomic E-state index is 0.332. The molecule has 16 heavy (non-hydrogen) atoms. The van der Waals surface area contributed by atoms with Crippen LogP contribution in [0.2, 0.25) is 0 Å². The van der Waals surface area contributed by atoms with Crippen LogP contribution in [0.5, 0.6) is 0 Å². The van der Waals surface area contributed by atoms with E-state index in [-0.39, 0.29) is 0 Å². The van der Waals surface area contributed by atoms with Crippen LogP contribution in [0.3, 0.4) is 0 Å². The summed E-state index contributed by atoms with van der Waals surface area (Å²) in [5.74, 6) is 1.91. The molecule has 1 aromatic rings. The molecule has 1 aliphatic rings. The molecule has 0 fully saturated rings. The Balaban J connectivity index is 2.28. The molecule has 1 aliphatic heterocycles. The van der Waals surface area contributed by atoms with Gasteiger partial charge in [-0.15, -0.1) is 23.4 Å².